The summed E-state index contributed by atoms with van der Waals surface area (Å²) >= 11 is 0. The maximum Gasteiger partial charge on any atom is 0.285 e. The van der Waals surface area contributed by atoms with Crippen LogP contribution in [0.1, 0.15) is 5.56 Å². The maximum absolute atomic E-state index is 13.2. The minimum atomic E-state index is -2.97. The summed E-state index contributed by atoms with van der Waals surface area (Å²) in [4.78, 5) is 0. The molecule has 1 aromatic carbocycles. The first-order valence-corrected chi connectivity index (χ1v) is 4.19. The molecule has 74 valence electrons. The van der Waals surface area contributed by atoms with E-state index in [1.807, 2.05) is 0 Å². The predicted molar refractivity (Wildman–Crippen MR) is 49.2 cm³/mol. The van der Waals surface area contributed by atoms with Gasteiger partial charge in [0.15, 0.2) is 0 Å². The number of halogens is 2. The highest BCUT2D eigenvalue weighted by Crippen LogP contribution is 2.29. The second kappa shape index (κ2) is 3.06. The lowest BCUT2D eigenvalue weighted by molar-refractivity contribution is 0.00608. The van der Waals surface area contributed by atoms with Gasteiger partial charge in [0.25, 0.3) is 5.92 Å². The van der Waals surface area contributed by atoms with Crippen LogP contribution in [0.3, 0.4) is 0 Å². The third-order valence-corrected chi connectivity index (χ3v) is 2.13. The van der Waals surface area contributed by atoms with Crippen LogP contribution in [-0.4, -0.2) is 6.54 Å². The van der Waals surface area contributed by atoms with E-state index in [0.29, 0.717) is 11.0 Å². The average Bonchev–Trinajstić information content (AvgIpc) is 2.64. The highest BCUT2D eigenvalue weighted by Gasteiger charge is 2.29. The van der Waals surface area contributed by atoms with Crippen molar-refractivity contribution in [1.82, 2.24) is 0 Å². The van der Waals surface area contributed by atoms with Crippen molar-refractivity contribution in [1.29, 1.82) is 0 Å². The Labute approximate surface area is 79.3 Å². The molecular formula is C10H9F2NO. The van der Waals surface area contributed by atoms with E-state index in [0.717, 1.165) is 0 Å². The molecule has 0 saturated carbocycles. The smallest absolute Gasteiger partial charge is 0.285 e. The van der Waals surface area contributed by atoms with E-state index in [-0.39, 0.29) is 5.56 Å². The van der Waals surface area contributed by atoms with E-state index in [2.05, 4.69) is 0 Å². The predicted octanol–water partition coefficient (Wildman–Crippen LogP) is 2.48. The maximum atomic E-state index is 13.2. The Morgan fingerprint density at radius 2 is 2.07 bits per heavy atom. The standard InChI is InChI=1S/C10H9F2NO/c11-10(12,6-13)8-1-2-9-7(5-8)3-4-14-9/h1-5H,6,13H2. The van der Waals surface area contributed by atoms with Crippen molar-refractivity contribution in [2.24, 2.45) is 5.73 Å². The molecule has 0 spiro atoms. The summed E-state index contributed by atoms with van der Waals surface area (Å²) in [5.74, 6) is -2.97. The van der Waals surface area contributed by atoms with Gasteiger partial charge in [0, 0.05) is 10.9 Å². The molecule has 4 heteroatoms. The molecule has 0 unspecified atom stereocenters. The monoisotopic (exact) mass is 197 g/mol. The fourth-order valence-electron chi connectivity index (χ4n) is 1.31. The zero-order chi connectivity index (χ0) is 10.2. The van der Waals surface area contributed by atoms with Crippen molar-refractivity contribution in [3.63, 3.8) is 0 Å². The molecule has 0 aliphatic carbocycles. The summed E-state index contributed by atoms with van der Waals surface area (Å²) in [6.07, 6.45) is 1.47. The molecule has 0 radical (unpaired) electrons. The fourth-order valence-corrected chi connectivity index (χ4v) is 1.31. The molecule has 1 heterocycles. The first kappa shape index (κ1) is 9.15. The van der Waals surface area contributed by atoms with Gasteiger partial charge in [-0.15, -0.1) is 0 Å². The summed E-state index contributed by atoms with van der Waals surface area (Å²) < 4.78 is 31.4. The van der Waals surface area contributed by atoms with Gasteiger partial charge in [-0.3, -0.25) is 0 Å². The summed E-state index contributed by atoms with van der Waals surface area (Å²) in [7, 11) is 0. The molecule has 14 heavy (non-hydrogen) atoms. The lowest BCUT2D eigenvalue weighted by Gasteiger charge is -2.13. The molecule has 0 atom stereocenters. The third-order valence-electron chi connectivity index (χ3n) is 2.13. The van der Waals surface area contributed by atoms with Crippen LogP contribution >= 0.6 is 0 Å². The van der Waals surface area contributed by atoms with Gasteiger partial charge in [-0.1, -0.05) is 0 Å². The van der Waals surface area contributed by atoms with Crippen molar-refractivity contribution in [3.8, 4) is 0 Å². The SMILES string of the molecule is NCC(F)(F)c1ccc2occc2c1. The topological polar surface area (TPSA) is 39.2 Å². The van der Waals surface area contributed by atoms with Gasteiger partial charge in [0.1, 0.15) is 5.58 Å². The summed E-state index contributed by atoms with van der Waals surface area (Å²) in [5, 5.41) is 0.663. The van der Waals surface area contributed by atoms with Gasteiger partial charge in [0.2, 0.25) is 0 Å². The van der Waals surface area contributed by atoms with Crippen molar-refractivity contribution in [2.45, 2.75) is 5.92 Å². The molecular weight excluding hydrogens is 188 g/mol. The van der Waals surface area contributed by atoms with Gasteiger partial charge < -0.3 is 10.2 Å². The Kier molecular flexibility index (Phi) is 2.00. The highest BCUT2D eigenvalue weighted by molar-refractivity contribution is 5.77. The van der Waals surface area contributed by atoms with Crippen LogP contribution in [-0.2, 0) is 5.92 Å². The van der Waals surface area contributed by atoms with Crippen LogP contribution in [0.5, 0.6) is 0 Å². The van der Waals surface area contributed by atoms with Crippen molar-refractivity contribution in [2.75, 3.05) is 6.54 Å². The number of fused-ring (bicyclic) bond motifs is 1. The molecule has 1 aromatic heterocycles. The molecule has 0 aliphatic rings. The molecule has 0 amide bonds. The molecule has 2 nitrogen and oxygen atoms in total. The Balaban J connectivity index is 2.53. The summed E-state index contributed by atoms with van der Waals surface area (Å²) in [6.45, 7) is -0.684. The number of alkyl halides is 2. The zero-order valence-electron chi connectivity index (χ0n) is 7.34. The number of furan rings is 1. The van der Waals surface area contributed by atoms with E-state index >= 15 is 0 Å². The Bertz CT molecular complexity index is 450. The van der Waals surface area contributed by atoms with E-state index in [4.69, 9.17) is 10.2 Å². The van der Waals surface area contributed by atoms with Crippen LogP contribution < -0.4 is 5.73 Å². The first-order valence-electron chi connectivity index (χ1n) is 4.19. The van der Waals surface area contributed by atoms with Crippen LogP contribution in [0.2, 0.25) is 0 Å². The second-order valence-corrected chi connectivity index (χ2v) is 3.08. The minimum Gasteiger partial charge on any atom is -0.464 e. The second-order valence-electron chi connectivity index (χ2n) is 3.08. The Morgan fingerprint density at radius 1 is 1.29 bits per heavy atom. The molecule has 0 fully saturated rings. The van der Waals surface area contributed by atoms with Gasteiger partial charge in [-0.05, 0) is 24.3 Å². The van der Waals surface area contributed by atoms with Crippen molar-refractivity contribution in [3.05, 3.63) is 36.1 Å². The van der Waals surface area contributed by atoms with Crippen LogP contribution in [0.4, 0.5) is 8.78 Å². The number of hydrogen-bond acceptors (Lipinski definition) is 2. The van der Waals surface area contributed by atoms with Crippen LogP contribution in [0, 0.1) is 0 Å². The largest absolute Gasteiger partial charge is 0.464 e. The minimum absolute atomic E-state index is 0.0751. The number of nitrogens with two attached hydrogens (primary N) is 1. The number of benzene rings is 1. The normalized spacial score (nSPS) is 12.2. The Hall–Kier alpha value is -1.42. The van der Waals surface area contributed by atoms with Crippen molar-refractivity contribution >= 4 is 11.0 Å². The van der Waals surface area contributed by atoms with Gasteiger partial charge in [-0.25, -0.2) is 0 Å². The summed E-state index contributed by atoms with van der Waals surface area (Å²) in [6, 6.07) is 5.89. The number of hydrogen-bond donors (Lipinski definition) is 1. The Morgan fingerprint density at radius 3 is 2.79 bits per heavy atom. The molecule has 2 aromatic rings. The lowest BCUT2D eigenvalue weighted by Crippen LogP contribution is -2.24. The molecule has 2 rings (SSSR count). The van der Waals surface area contributed by atoms with E-state index in [9.17, 15) is 8.78 Å². The number of rotatable bonds is 2. The molecule has 0 saturated heterocycles. The highest BCUT2D eigenvalue weighted by atomic mass is 19.3. The molecule has 2 N–H and O–H groups in total. The third kappa shape index (κ3) is 1.37. The zero-order valence-corrected chi connectivity index (χ0v) is 7.34. The average molecular weight is 197 g/mol. The van der Waals surface area contributed by atoms with Gasteiger partial charge in [-0.2, -0.15) is 8.78 Å². The van der Waals surface area contributed by atoms with Gasteiger partial charge in [0.05, 0.1) is 12.8 Å². The fraction of sp³-hybridized carbons (Fsp3) is 0.200. The van der Waals surface area contributed by atoms with Crippen LogP contribution in [0.15, 0.2) is 34.9 Å². The van der Waals surface area contributed by atoms with Crippen LogP contribution in [0.25, 0.3) is 11.0 Å². The van der Waals surface area contributed by atoms with E-state index in [1.165, 1.54) is 24.5 Å². The van der Waals surface area contributed by atoms with E-state index < -0.39 is 12.5 Å². The van der Waals surface area contributed by atoms with E-state index in [1.54, 1.807) is 6.07 Å². The van der Waals surface area contributed by atoms with Gasteiger partial charge >= 0.3 is 0 Å². The van der Waals surface area contributed by atoms with Crippen molar-refractivity contribution < 1.29 is 13.2 Å². The summed E-state index contributed by atoms with van der Waals surface area (Å²) in [5.41, 5.74) is 5.51. The quantitative estimate of drug-likeness (QED) is 0.803. The molecule has 0 bridgehead atoms. The molecule has 0 aliphatic heterocycles. The lowest BCUT2D eigenvalue weighted by atomic mass is 10.1. The first-order chi connectivity index (χ1) is 6.63.